The second kappa shape index (κ2) is 6.56. The number of alkyl halides is 1. The summed E-state index contributed by atoms with van der Waals surface area (Å²) in [7, 11) is 2.01. The van der Waals surface area contributed by atoms with Crippen molar-refractivity contribution >= 4 is 48.9 Å². The van der Waals surface area contributed by atoms with E-state index >= 15 is 0 Å². The third-order valence-corrected chi connectivity index (χ3v) is 5.09. The van der Waals surface area contributed by atoms with Gasteiger partial charge in [0.25, 0.3) is 0 Å². The number of benzene rings is 1. The Morgan fingerprint density at radius 1 is 1.37 bits per heavy atom. The zero-order chi connectivity index (χ0) is 13.8. The van der Waals surface area contributed by atoms with Crippen molar-refractivity contribution in [3.63, 3.8) is 0 Å². The molecular formula is C14H12Br2N2S. The van der Waals surface area contributed by atoms with Crippen molar-refractivity contribution in [3.05, 3.63) is 50.1 Å². The molecule has 0 atom stereocenters. The quantitative estimate of drug-likeness (QED) is 0.682. The Labute approximate surface area is 133 Å². The molecule has 0 spiro atoms. The molecule has 1 heterocycles. The molecule has 0 fully saturated rings. The average Bonchev–Trinajstić information content (AvgIpc) is 2.83. The molecule has 0 saturated heterocycles. The highest BCUT2D eigenvalue weighted by atomic mass is 79.9. The lowest BCUT2D eigenvalue weighted by molar-refractivity contribution is 0.937. The zero-order valence-electron chi connectivity index (χ0n) is 10.4. The summed E-state index contributed by atoms with van der Waals surface area (Å²) in [6, 6.07) is 10.4. The Morgan fingerprint density at radius 3 is 2.74 bits per heavy atom. The number of hydrogen-bond donors (Lipinski definition) is 0. The Hall–Kier alpha value is -0.830. The zero-order valence-corrected chi connectivity index (χ0v) is 14.3. The molecule has 0 N–H and O–H groups in total. The molecule has 98 valence electrons. The van der Waals surface area contributed by atoms with Gasteiger partial charge in [-0.2, -0.15) is 5.26 Å². The first-order chi connectivity index (χ1) is 9.13. The van der Waals surface area contributed by atoms with Crippen molar-refractivity contribution in [2.75, 3.05) is 11.9 Å². The van der Waals surface area contributed by atoms with E-state index in [-0.39, 0.29) is 0 Å². The Balaban J connectivity index is 2.23. The first-order valence-electron chi connectivity index (χ1n) is 5.67. The van der Waals surface area contributed by atoms with Gasteiger partial charge in [0.15, 0.2) is 0 Å². The molecule has 0 aliphatic heterocycles. The highest BCUT2D eigenvalue weighted by Crippen LogP contribution is 2.26. The molecule has 0 unspecified atom stereocenters. The Bertz CT molecular complexity index is 616. The van der Waals surface area contributed by atoms with Gasteiger partial charge in [-0.25, -0.2) is 0 Å². The molecule has 0 saturated carbocycles. The van der Waals surface area contributed by atoms with E-state index in [4.69, 9.17) is 0 Å². The second-order valence-electron chi connectivity index (χ2n) is 4.18. The number of nitrogens with zero attached hydrogens (tertiary/aromatic N) is 2. The van der Waals surface area contributed by atoms with E-state index < -0.39 is 0 Å². The lowest BCUT2D eigenvalue weighted by Gasteiger charge is -2.20. The van der Waals surface area contributed by atoms with Gasteiger partial charge in [-0.15, -0.1) is 11.3 Å². The Kier molecular flexibility index (Phi) is 5.03. The van der Waals surface area contributed by atoms with Crippen LogP contribution < -0.4 is 4.90 Å². The molecule has 1 aromatic heterocycles. The van der Waals surface area contributed by atoms with Crippen molar-refractivity contribution in [2.24, 2.45) is 0 Å². The van der Waals surface area contributed by atoms with Crippen molar-refractivity contribution in [1.29, 1.82) is 5.26 Å². The highest BCUT2D eigenvalue weighted by Gasteiger charge is 2.09. The molecule has 0 aliphatic rings. The lowest BCUT2D eigenvalue weighted by atomic mass is 10.1. The van der Waals surface area contributed by atoms with Gasteiger partial charge in [-0.1, -0.05) is 22.0 Å². The molecule has 19 heavy (non-hydrogen) atoms. The fourth-order valence-electron chi connectivity index (χ4n) is 1.84. The number of halogens is 2. The summed E-state index contributed by atoms with van der Waals surface area (Å²) in [6.45, 7) is 0.804. The van der Waals surface area contributed by atoms with E-state index in [9.17, 15) is 5.26 Å². The molecule has 0 bridgehead atoms. The molecule has 5 heteroatoms. The summed E-state index contributed by atoms with van der Waals surface area (Å²) in [5.41, 5.74) is 2.80. The van der Waals surface area contributed by atoms with Crippen LogP contribution in [0.5, 0.6) is 0 Å². The highest BCUT2D eigenvalue weighted by molar-refractivity contribution is 9.10. The minimum Gasteiger partial charge on any atom is -0.368 e. The molecule has 0 aliphatic carbocycles. The Morgan fingerprint density at radius 2 is 2.16 bits per heavy atom. The number of thiophene rings is 1. The van der Waals surface area contributed by atoms with Gasteiger partial charge in [-0.05, 0) is 39.7 Å². The van der Waals surface area contributed by atoms with E-state index in [0.717, 1.165) is 33.2 Å². The molecule has 0 amide bonds. The van der Waals surface area contributed by atoms with Crippen LogP contribution in [-0.4, -0.2) is 7.05 Å². The number of nitriles is 1. The van der Waals surface area contributed by atoms with Crippen molar-refractivity contribution in [3.8, 4) is 6.07 Å². The van der Waals surface area contributed by atoms with Gasteiger partial charge < -0.3 is 4.90 Å². The molecule has 2 rings (SSSR count). The van der Waals surface area contributed by atoms with E-state index in [0.29, 0.717) is 0 Å². The summed E-state index contributed by atoms with van der Waals surface area (Å²) in [4.78, 5) is 3.37. The minimum absolute atomic E-state index is 0.718. The predicted octanol–water partition coefficient (Wildman–Crippen LogP) is 4.91. The summed E-state index contributed by atoms with van der Waals surface area (Å²) >= 11 is 8.59. The van der Waals surface area contributed by atoms with Crippen LogP contribution in [0.1, 0.15) is 16.0 Å². The van der Waals surface area contributed by atoms with Crippen LogP contribution in [-0.2, 0) is 11.9 Å². The van der Waals surface area contributed by atoms with Crippen LogP contribution in [0.3, 0.4) is 0 Å². The van der Waals surface area contributed by atoms with E-state index in [1.807, 2.05) is 25.2 Å². The van der Waals surface area contributed by atoms with E-state index in [1.165, 1.54) is 4.88 Å². The number of anilines is 1. The molecule has 1 aromatic carbocycles. The van der Waals surface area contributed by atoms with Crippen LogP contribution in [0.4, 0.5) is 5.69 Å². The van der Waals surface area contributed by atoms with Gasteiger partial charge in [0.05, 0.1) is 17.8 Å². The maximum atomic E-state index is 9.26. The lowest BCUT2D eigenvalue weighted by Crippen LogP contribution is -2.16. The van der Waals surface area contributed by atoms with Gasteiger partial charge in [-0.3, -0.25) is 0 Å². The van der Waals surface area contributed by atoms with Gasteiger partial charge in [0.2, 0.25) is 0 Å². The summed E-state index contributed by atoms with van der Waals surface area (Å²) in [6.07, 6.45) is 0. The number of rotatable bonds is 4. The van der Waals surface area contributed by atoms with E-state index in [2.05, 4.69) is 54.3 Å². The van der Waals surface area contributed by atoms with Crippen LogP contribution in [0.25, 0.3) is 0 Å². The first-order valence-corrected chi connectivity index (χ1v) is 8.46. The average molecular weight is 400 g/mol. The second-order valence-corrected chi connectivity index (χ2v) is 6.66. The third kappa shape index (κ3) is 3.59. The summed E-state index contributed by atoms with van der Waals surface area (Å²) < 4.78 is 1.11. The predicted molar refractivity (Wildman–Crippen MR) is 87.9 cm³/mol. The fourth-order valence-corrected chi connectivity index (χ4v) is 3.70. The summed E-state index contributed by atoms with van der Waals surface area (Å²) in [5, 5.41) is 12.1. The monoisotopic (exact) mass is 398 g/mol. The van der Waals surface area contributed by atoms with Crippen LogP contribution in [0.15, 0.2) is 34.1 Å². The smallest absolute Gasteiger partial charge is 0.101 e. The van der Waals surface area contributed by atoms with Crippen LogP contribution >= 0.6 is 43.2 Å². The van der Waals surface area contributed by atoms with Crippen molar-refractivity contribution in [2.45, 2.75) is 11.9 Å². The minimum atomic E-state index is 0.718. The normalized spacial score (nSPS) is 10.2. The molecule has 2 nitrogen and oxygen atoms in total. The van der Waals surface area contributed by atoms with Crippen molar-refractivity contribution in [1.82, 2.24) is 0 Å². The van der Waals surface area contributed by atoms with Gasteiger partial charge in [0.1, 0.15) is 6.07 Å². The largest absolute Gasteiger partial charge is 0.368 e. The molecular weight excluding hydrogens is 388 g/mol. The molecule has 2 aromatic rings. The maximum absolute atomic E-state index is 9.26. The van der Waals surface area contributed by atoms with Crippen LogP contribution in [0, 0.1) is 11.3 Å². The first kappa shape index (κ1) is 14.6. The van der Waals surface area contributed by atoms with Gasteiger partial charge >= 0.3 is 0 Å². The maximum Gasteiger partial charge on any atom is 0.101 e. The molecule has 0 radical (unpaired) electrons. The standard InChI is InChI=1S/C14H12Br2N2S/c1-18(8-13-5-12(16)9-19-13)14-3-2-10(6-15)4-11(14)7-17/h2-5,9H,6,8H2,1H3. The van der Waals surface area contributed by atoms with Gasteiger partial charge in [0, 0.05) is 27.1 Å². The fraction of sp³-hybridized carbons (Fsp3) is 0.214. The van der Waals surface area contributed by atoms with E-state index in [1.54, 1.807) is 11.3 Å². The number of hydrogen-bond acceptors (Lipinski definition) is 3. The topological polar surface area (TPSA) is 27.0 Å². The SMILES string of the molecule is CN(Cc1cc(Br)cs1)c1ccc(CBr)cc1C#N. The third-order valence-electron chi connectivity index (χ3n) is 2.76. The van der Waals surface area contributed by atoms with Crippen LogP contribution in [0.2, 0.25) is 0 Å². The van der Waals surface area contributed by atoms with Crippen molar-refractivity contribution < 1.29 is 0 Å². The summed E-state index contributed by atoms with van der Waals surface area (Å²) in [5.74, 6) is 0.